The SMILES string of the molecule is C[C@@H](NCc1c(F)cccc1F)c1cccc(F)c1. The van der Waals surface area contributed by atoms with E-state index in [4.69, 9.17) is 0 Å². The minimum absolute atomic E-state index is 0.00856. The molecule has 0 aliphatic heterocycles. The highest BCUT2D eigenvalue weighted by Gasteiger charge is 2.11. The molecule has 0 amide bonds. The monoisotopic (exact) mass is 265 g/mol. The third kappa shape index (κ3) is 3.35. The summed E-state index contributed by atoms with van der Waals surface area (Å²) in [5.74, 6) is -1.50. The summed E-state index contributed by atoms with van der Waals surface area (Å²) in [4.78, 5) is 0. The van der Waals surface area contributed by atoms with Gasteiger partial charge in [0.1, 0.15) is 17.5 Å². The smallest absolute Gasteiger partial charge is 0.130 e. The Kier molecular flexibility index (Phi) is 4.22. The van der Waals surface area contributed by atoms with E-state index in [1.54, 1.807) is 12.1 Å². The van der Waals surface area contributed by atoms with Crippen LogP contribution < -0.4 is 5.32 Å². The molecule has 1 atom stereocenters. The van der Waals surface area contributed by atoms with Crippen LogP contribution in [0.3, 0.4) is 0 Å². The fourth-order valence-electron chi connectivity index (χ4n) is 1.85. The Bertz CT molecular complexity index is 549. The van der Waals surface area contributed by atoms with E-state index in [1.165, 1.54) is 30.3 Å². The summed E-state index contributed by atoms with van der Waals surface area (Å²) >= 11 is 0. The molecule has 0 aliphatic rings. The Morgan fingerprint density at radius 3 is 2.26 bits per heavy atom. The first kappa shape index (κ1) is 13.6. The number of halogens is 3. The topological polar surface area (TPSA) is 12.0 Å². The van der Waals surface area contributed by atoms with Crippen molar-refractivity contribution < 1.29 is 13.2 Å². The van der Waals surface area contributed by atoms with E-state index in [9.17, 15) is 13.2 Å². The van der Waals surface area contributed by atoms with Crippen LogP contribution in [0.2, 0.25) is 0 Å². The molecule has 0 saturated carbocycles. The van der Waals surface area contributed by atoms with Crippen LogP contribution in [-0.2, 0) is 6.54 Å². The van der Waals surface area contributed by atoms with Crippen molar-refractivity contribution in [3.8, 4) is 0 Å². The van der Waals surface area contributed by atoms with Gasteiger partial charge in [0.2, 0.25) is 0 Å². The molecule has 4 heteroatoms. The van der Waals surface area contributed by atoms with Crippen molar-refractivity contribution in [2.24, 2.45) is 0 Å². The summed E-state index contributed by atoms with van der Waals surface area (Å²) in [6.45, 7) is 1.86. The fourth-order valence-corrected chi connectivity index (χ4v) is 1.85. The molecule has 2 aromatic carbocycles. The third-order valence-corrected chi connectivity index (χ3v) is 3.00. The summed E-state index contributed by atoms with van der Waals surface area (Å²) in [6.07, 6.45) is 0. The summed E-state index contributed by atoms with van der Waals surface area (Å²) < 4.78 is 39.9. The molecule has 19 heavy (non-hydrogen) atoms. The Balaban J connectivity index is 2.06. The maximum absolute atomic E-state index is 13.4. The van der Waals surface area contributed by atoms with Gasteiger partial charge in [0.15, 0.2) is 0 Å². The van der Waals surface area contributed by atoms with Gasteiger partial charge in [0, 0.05) is 18.2 Å². The van der Waals surface area contributed by atoms with Crippen LogP contribution in [0.15, 0.2) is 42.5 Å². The Morgan fingerprint density at radius 2 is 1.63 bits per heavy atom. The van der Waals surface area contributed by atoms with Crippen LogP contribution in [0.4, 0.5) is 13.2 Å². The van der Waals surface area contributed by atoms with E-state index in [0.29, 0.717) is 0 Å². The van der Waals surface area contributed by atoms with Crippen molar-refractivity contribution in [1.29, 1.82) is 0 Å². The van der Waals surface area contributed by atoms with Gasteiger partial charge < -0.3 is 5.32 Å². The first-order chi connectivity index (χ1) is 9.08. The molecule has 0 aromatic heterocycles. The van der Waals surface area contributed by atoms with Gasteiger partial charge in [0.05, 0.1) is 0 Å². The molecule has 100 valence electrons. The molecule has 0 aliphatic carbocycles. The Labute approximate surface area is 110 Å². The molecule has 0 spiro atoms. The largest absolute Gasteiger partial charge is 0.306 e. The highest BCUT2D eigenvalue weighted by atomic mass is 19.1. The van der Waals surface area contributed by atoms with E-state index in [0.717, 1.165) is 5.56 Å². The molecular formula is C15H14F3N. The average molecular weight is 265 g/mol. The van der Waals surface area contributed by atoms with Gasteiger partial charge in [0.25, 0.3) is 0 Å². The normalized spacial score (nSPS) is 12.4. The number of rotatable bonds is 4. The average Bonchev–Trinajstić information content (AvgIpc) is 2.38. The standard InChI is InChI=1S/C15H14F3N/c1-10(11-4-2-5-12(16)8-11)19-9-13-14(17)6-3-7-15(13)18/h2-8,10,19H,9H2,1H3/t10-/m1/s1. The number of hydrogen-bond acceptors (Lipinski definition) is 1. The van der Waals surface area contributed by atoms with Crippen LogP contribution in [0.25, 0.3) is 0 Å². The predicted octanol–water partition coefficient (Wildman–Crippen LogP) is 3.95. The van der Waals surface area contributed by atoms with Crippen LogP contribution in [0, 0.1) is 17.5 Å². The lowest BCUT2D eigenvalue weighted by molar-refractivity contribution is 0.507. The highest BCUT2D eigenvalue weighted by Crippen LogP contribution is 2.16. The van der Waals surface area contributed by atoms with Crippen LogP contribution >= 0.6 is 0 Å². The maximum atomic E-state index is 13.4. The molecule has 0 bridgehead atoms. The minimum atomic E-state index is -0.584. The molecule has 0 radical (unpaired) electrons. The van der Waals surface area contributed by atoms with Gasteiger partial charge in [-0.3, -0.25) is 0 Å². The lowest BCUT2D eigenvalue weighted by Crippen LogP contribution is -2.19. The Morgan fingerprint density at radius 1 is 1.00 bits per heavy atom. The first-order valence-corrected chi connectivity index (χ1v) is 5.99. The molecule has 0 unspecified atom stereocenters. The lowest BCUT2D eigenvalue weighted by atomic mass is 10.1. The second-order valence-electron chi connectivity index (χ2n) is 4.36. The summed E-state index contributed by atoms with van der Waals surface area (Å²) in [7, 11) is 0. The van der Waals surface area contributed by atoms with Gasteiger partial charge in [-0.25, -0.2) is 13.2 Å². The maximum Gasteiger partial charge on any atom is 0.130 e. The van der Waals surface area contributed by atoms with Gasteiger partial charge >= 0.3 is 0 Å². The molecule has 0 saturated heterocycles. The van der Waals surface area contributed by atoms with E-state index >= 15 is 0 Å². The second kappa shape index (κ2) is 5.89. The van der Waals surface area contributed by atoms with Crippen LogP contribution in [0.5, 0.6) is 0 Å². The van der Waals surface area contributed by atoms with Crippen molar-refractivity contribution in [2.45, 2.75) is 19.5 Å². The number of benzene rings is 2. The molecular weight excluding hydrogens is 251 g/mol. The molecule has 1 N–H and O–H groups in total. The predicted molar refractivity (Wildman–Crippen MR) is 68.0 cm³/mol. The van der Waals surface area contributed by atoms with E-state index < -0.39 is 11.6 Å². The van der Waals surface area contributed by atoms with E-state index in [-0.39, 0.29) is 24.0 Å². The second-order valence-corrected chi connectivity index (χ2v) is 4.36. The van der Waals surface area contributed by atoms with Crippen molar-refractivity contribution in [3.05, 3.63) is 71.0 Å². The van der Waals surface area contributed by atoms with E-state index in [1.807, 2.05) is 6.92 Å². The highest BCUT2D eigenvalue weighted by molar-refractivity contribution is 5.22. The van der Waals surface area contributed by atoms with Crippen molar-refractivity contribution in [3.63, 3.8) is 0 Å². The third-order valence-electron chi connectivity index (χ3n) is 3.00. The minimum Gasteiger partial charge on any atom is -0.306 e. The summed E-state index contributed by atoms with van der Waals surface area (Å²) in [6, 6.07) is 9.67. The zero-order valence-electron chi connectivity index (χ0n) is 10.5. The van der Waals surface area contributed by atoms with Gasteiger partial charge in [-0.2, -0.15) is 0 Å². The zero-order chi connectivity index (χ0) is 13.8. The van der Waals surface area contributed by atoms with Crippen molar-refractivity contribution in [1.82, 2.24) is 5.32 Å². The molecule has 0 heterocycles. The zero-order valence-corrected chi connectivity index (χ0v) is 10.5. The molecule has 0 fully saturated rings. The molecule has 2 aromatic rings. The molecule has 1 nitrogen and oxygen atoms in total. The van der Waals surface area contributed by atoms with Crippen LogP contribution in [0.1, 0.15) is 24.1 Å². The molecule has 2 rings (SSSR count). The summed E-state index contributed by atoms with van der Waals surface area (Å²) in [5.41, 5.74) is 0.725. The van der Waals surface area contributed by atoms with Crippen molar-refractivity contribution >= 4 is 0 Å². The van der Waals surface area contributed by atoms with Crippen LogP contribution in [-0.4, -0.2) is 0 Å². The quantitative estimate of drug-likeness (QED) is 0.882. The number of nitrogens with one attached hydrogen (secondary N) is 1. The number of hydrogen-bond donors (Lipinski definition) is 1. The Hall–Kier alpha value is -1.81. The fraction of sp³-hybridized carbons (Fsp3) is 0.200. The van der Waals surface area contributed by atoms with Gasteiger partial charge in [-0.05, 0) is 36.8 Å². The summed E-state index contributed by atoms with van der Waals surface area (Å²) in [5, 5.41) is 2.98. The van der Waals surface area contributed by atoms with Gasteiger partial charge in [-0.1, -0.05) is 18.2 Å². The van der Waals surface area contributed by atoms with E-state index in [2.05, 4.69) is 5.32 Å². The van der Waals surface area contributed by atoms with Gasteiger partial charge in [-0.15, -0.1) is 0 Å². The lowest BCUT2D eigenvalue weighted by Gasteiger charge is -2.15. The van der Waals surface area contributed by atoms with Crippen molar-refractivity contribution in [2.75, 3.05) is 0 Å². The first-order valence-electron chi connectivity index (χ1n) is 5.99.